The van der Waals surface area contributed by atoms with Gasteiger partial charge in [0.1, 0.15) is 11.6 Å². The van der Waals surface area contributed by atoms with Crippen molar-refractivity contribution in [2.75, 3.05) is 44.7 Å². The van der Waals surface area contributed by atoms with E-state index in [4.69, 9.17) is 4.74 Å². The number of halogens is 1. The van der Waals surface area contributed by atoms with Gasteiger partial charge in [0.25, 0.3) is 0 Å². The summed E-state index contributed by atoms with van der Waals surface area (Å²) in [5.74, 6) is 0.581. The zero-order chi connectivity index (χ0) is 20.8. The Hall–Kier alpha value is -2.44. The summed E-state index contributed by atoms with van der Waals surface area (Å²) in [6.45, 7) is 8.53. The molecule has 1 fully saturated rings. The number of methoxy groups -OCH3 is 1. The number of rotatable bonds is 7. The normalized spacial score (nSPS) is 16.4. The van der Waals surface area contributed by atoms with Gasteiger partial charge in [-0.05, 0) is 44.2 Å². The first kappa shape index (κ1) is 21.3. The Morgan fingerprint density at radius 3 is 2.45 bits per heavy atom. The van der Waals surface area contributed by atoms with E-state index in [1.54, 1.807) is 13.2 Å². The molecule has 1 atom stereocenters. The van der Waals surface area contributed by atoms with Gasteiger partial charge in [-0.25, -0.2) is 4.39 Å². The number of piperazine rings is 1. The van der Waals surface area contributed by atoms with Gasteiger partial charge in [0, 0.05) is 50.5 Å². The summed E-state index contributed by atoms with van der Waals surface area (Å²) in [6.07, 6.45) is 0. The number of benzene rings is 2. The summed E-state index contributed by atoms with van der Waals surface area (Å²) in [5.41, 5.74) is 1.79. The van der Waals surface area contributed by atoms with Gasteiger partial charge in [-0.15, -0.1) is 0 Å². The number of hydrogen-bond acceptors (Lipinski definition) is 4. The number of amides is 1. The monoisotopic (exact) mass is 399 g/mol. The molecule has 0 bridgehead atoms. The lowest BCUT2D eigenvalue weighted by Gasteiger charge is -2.39. The zero-order valence-corrected chi connectivity index (χ0v) is 17.5. The summed E-state index contributed by atoms with van der Waals surface area (Å²) >= 11 is 0. The lowest BCUT2D eigenvalue weighted by atomic mass is 10.1. The fraction of sp³-hybridized carbons (Fsp3) is 0.435. The second-order valence-electron chi connectivity index (χ2n) is 7.36. The van der Waals surface area contributed by atoms with Crippen LogP contribution >= 0.6 is 0 Å². The summed E-state index contributed by atoms with van der Waals surface area (Å²) in [4.78, 5) is 19.4. The number of ether oxygens (including phenoxy) is 1. The third kappa shape index (κ3) is 5.14. The van der Waals surface area contributed by atoms with E-state index in [-0.39, 0.29) is 17.8 Å². The Morgan fingerprint density at radius 2 is 1.83 bits per heavy atom. The molecule has 1 aliphatic heterocycles. The van der Waals surface area contributed by atoms with E-state index in [1.165, 1.54) is 12.1 Å². The molecule has 1 heterocycles. The van der Waals surface area contributed by atoms with Gasteiger partial charge in [-0.1, -0.05) is 18.2 Å². The molecule has 1 saturated heterocycles. The van der Waals surface area contributed by atoms with Crippen LogP contribution in [0.2, 0.25) is 0 Å². The molecule has 0 unspecified atom stereocenters. The van der Waals surface area contributed by atoms with Crippen LogP contribution in [0.15, 0.2) is 48.5 Å². The van der Waals surface area contributed by atoms with E-state index in [2.05, 4.69) is 9.80 Å². The van der Waals surface area contributed by atoms with E-state index in [0.29, 0.717) is 18.8 Å². The molecule has 156 valence electrons. The lowest BCUT2D eigenvalue weighted by Crippen LogP contribution is -2.54. The van der Waals surface area contributed by atoms with Gasteiger partial charge < -0.3 is 9.64 Å². The third-order valence-corrected chi connectivity index (χ3v) is 5.60. The minimum absolute atomic E-state index is 0.124. The highest BCUT2D eigenvalue weighted by Crippen LogP contribution is 2.22. The predicted octanol–water partition coefficient (Wildman–Crippen LogP) is 3.39. The van der Waals surface area contributed by atoms with Crippen molar-refractivity contribution in [1.29, 1.82) is 0 Å². The van der Waals surface area contributed by atoms with E-state index in [1.807, 2.05) is 49.1 Å². The molecule has 2 aromatic carbocycles. The van der Waals surface area contributed by atoms with Crippen molar-refractivity contribution in [3.63, 3.8) is 0 Å². The van der Waals surface area contributed by atoms with E-state index in [9.17, 15) is 9.18 Å². The fourth-order valence-corrected chi connectivity index (χ4v) is 3.88. The molecular weight excluding hydrogens is 369 g/mol. The Balaban J connectivity index is 1.58. The zero-order valence-electron chi connectivity index (χ0n) is 17.5. The van der Waals surface area contributed by atoms with Crippen molar-refractivity contribution in [3.8, 4) is 5.75 Å². The molecule has 29 heavy (non-hydrogen) atoms. The van der Waals surface area contributed by atoms with Crippen LogP contribution in [0.1, 0.15) is 19.4 Å². The minimum Gasteiger partial charge on any atom is -0.496 e. The quantitative estimate of drug-likeness (QED) is 0.715. The number of nitrogens with zero attached hydrogens (tertiary/aromatic N) is 3. The minimum atomic E-state index is -0.251. The van der Waals surface area contributed by atoms with Crippen molar-refractivity contribution < 1.29 is 13.9 Å². The first-order valence-electron chi connectivity index (χ1n) is 10.2. The van der Waals surface area contributed by atoms with Gasteiger partial charge in [-0.2, -0.15) is 0 Å². The number of likely N-dealkylation sites (N-methyl/N-ethyl adjacent to an activating group) is 1. The molecular formula is C23H30FN3O2. The van der Waals surface area contributed by atoms with E-state index >= 15 is 0 Å². The average molecular weight is 400 g/mol. The average Bonchev–Trinajstić information content (AvgIpc) is 2.75. The Kier molecular flexibility index (Phi) is 7.23. The first-order chi connectivity index (χ1) is 14.0. The van der Waals surface area contributed by atoms with Crippen molar-refractivity contribution in [3.05, 3.63) is 59.9 Å². The topological polar surface area (TPSA) is 36.0 Å². The largest absolute Gasteiger partial charge is 0.496 e. The van der Waals surface area contributed by atoms with Crippen LogP contribution in [0, 0.1) is 5.82 Å². The van der Waals surface area contributed by atoms with E-state index < -0.39 is 0 Å². The number of anilines is 1. The van der Waals surface area contributed by atoms with Crippen LogP contribution in [0.3, 0.4) is 0 Å². The maximum atomic E-state index is 13.6. The molecule has 0 N–H and O–H groups in total. The molecule has 0 spiro atoms. The van der Waals surface area contributed by atoms with Crippen molar-refractivity contribution in [1.82, 2.24) is 9.80 Å². The van der Waals surface area contributed by atoms with Crippen LogP contribution in [-0.2, 0) is 11.3 Å². The molecule has 3 rings (SSSR count). The second-order valence-corrected chi connectivity index (χ2v) is 7.36. The van der Waals surface area contributed by atoms with Gasteiger partial charge in [0.2, 0.25) is 5.91 Å². The molecule has 1 amide bonds. The van der Waals surface area contributed by atoms with Crippen LogP contribution in [-0.4, -0.2) is 61.6 Å². The molecule has 5 nitrogen and oxygen atoms in total. The predicted molar refractivity (Wildman–Crippen MR) is 114 cm³/mol. The molecule has 0 saturated carbocycles. The maximum Gasteiger partial charge on any atom is 0.244 e. The first-order valence-corrected chi connectivity index (χ1v) is 10.2. The SMILES string of the molecule is CCN(C(=O)[C@@H](C)N1CCN(Cc2cc(F)ccc2OC)CC1)c1ccccc1. The molecule has 1 aliphatic rings. The number of para-hydroxylation sites is 1. The Morgan fingerprint density at radius 1 is 1.14 bits per heavy atom. The number of carbonyl (C=O) groups excluding carboxylic acids is 1. The fourth-order valence-electron chi connectivity index (χ4n) is 3.88. The van der Waals surface area contributed by atoms with Crippen LogP contribution in [0.25, 0.3) is 0 Å². The van der Waals surface area contributed by atoms with Gasteiger partial charge in [-0.3, -0.25) is 14.6 Å². The Labute approximate surface area is 172 Å². The molecule has 2 aromatic rings. The Bertz CT molecular complexity index is 807. The highest BCUT2D eigenvalue weighted by Gasteiger charge is 2.29. The van der Waals surface area contributed by atoms with Crippen LogP contribution in [0.5, 0.6) is 5.75 Å². The summed E-state index contributed by atoms with van der Waals surface area (Å²) < 4.78 is 19.0. The summed E-state index contributed by atoms with van der Waals surface area (Å²) in [6, 6.07) is 14.3. The van der Waals surface area contributed by atoms with Crippen molar-refractivity contribution in [2.45, 2.75) is 26.4 Å². The standard InChI is InChI=1S/C23H30FN3O2/c1-4-27(21-8-6-5-7-9-21)23(28)18(2)26-14-12-25(13-15-26)17-19-16-20(24)10-11-22(19)29-3/h5-11,16,18H,4,12-15,17H2,1-3H3/t18-/m1/s1. The van der Waals surface area contributed by atoms with Gasteiger partial charge in [0.15, 0.2) is 0 Å². The van der Waals surface area contributed by atoms with Gasteiger partial charge >= 0.3 is 0 Å². The number of carbonyl (C=O) groups is 1. The number of hydrogen-bond donors (Lipinski definition) is 0. The molecule has 6 heteroatoms. The highest BCUT2D eigenvalue weighted by molar-refractivity contribution is 5.96. The van der Waals surface area contributed by atoms with Crippen molar-refractivity contribution in [2.24, 2.45) is 0 Å². The van der Waals surface area contributed by atoms with Crippen LogP contribution < -0.4 is 9.64 Å². The van der Waals surface area contributed by atoms with Crippen molar-refractivity contribution >= 4 is 11.6 Å². The maximum absolute atomic E-state index is 13.6. The molecule has 0 aliphatic carbocycles. The summed E-state index contributed by atoms with van der Waals surface area (Å²) in [7, 11) is 1.61. The third-order valence-electron chi connectivity index (χ3n) is 5.60. The smallest absolute Gasteiger partial charge is 0.244 e. The van der Waals surface area contributed by atoms with Gasteiger partial charge in [0.05, 0.1) is 13.2 Å². The lowest BCUT2D eigenvalue weighted by molar-refractivity contribution is -0.124. The van der Waals surface area contributed by atoms with Crippen LogP contribution in [0.4, 0.5) is 10.1 Å². The summed E-state index contributed by atoms with van der Waals surface area (Å²) in [5, 5.41) is 0. The molecule has 0 aromatic heterocycles. The highest BCUT2D eigenvalue weighted by atomic mass is 19.1. The second kappa shape index (κ2) is 9.85. The molecule has 0 radical (unpaired) electrons. The van der Waals surface area contributed by atoms with E-state index in [0.717, 1.165) is 37.4 Å².